The normalized spacial score (nSPS) is 18.5. The van der Waals surface area contributed by atoms with Gasteiger partial charge < -0.3 is 19.9 Å². The molecule has 0 saturated carbocycles. The van der Waals surface area contributed by atoms with Crippen molar-refractivity contribution in [3.05, 3.63) is 51.5 Å². The van der Waals surface area contributed by atoms with Gasteiger partial charge >= 0.3 is 6.09 Å². The second-order valence-corrected chi connectivity index (χ2v) is 10.3. The number of amides is 3. The number of aromatic nitrogens is 3. The summed E-state index contributed by atoms with van der Waals surface area (Å²) in [6.07, 6.45) is 1.00. The molecule has 1 unspecified atom stereocenters. The Morgan fingerprint density at radius 3 is 2.62 bits per heavy atom. The number of nitrogens with zero attached hydrogens (tertiary/aromatic N) is 4. The van der Waals surface area contributed by atoms with Crippen LogP contribution < -0.4 is 5.32 Å². The van der Waals surface area contributed by atoms with Crippen LogP contribution in [-0.2, 0) is 20.9 Å². The minimum Gasteiger partial charge on any atom is -0.445 e. The fourth-order valence-electron chi connectivity index (χ4n) is 4.80. The lowest BCUT2D eigenvalue weighted by Crippen LogP contribution is -2.47. The summed E-state index contributed by atoms with van der Waals surface area (Å²) in [6, 6.07) is 8.76. The zero-order valence-electron chi connectivity index (χ0n) is 20.2. The van der Waals surface area contributed by atoms with E-state index in [0.717, 1.165) is 16.6 Å². The third-order valence-corrected chi connectivity index (χ3v) is 7.77. The zero-order chi connectivity index (χ0) is 26.1. The summed E-state index contributed by atoms with van der Waals surface area (Å²) in [5.41, 5.74) is 3.54. The molecular weight excluding hydrogens is 519 g/mol. The van der Waals surface area contributed by atoms with Crippen molar-refractivity contribution >= 4 is 57.8 Å². The Balaban J connectivity index is 1.10. The summed E-state index contributed by atoms with van der Waals surface area (Å²) in [5, 5.41) is 14.4. The summed E-state index contributed by atoms with van der Waals surface area (Å²) in [5.74, 6) is -0.672. The maximum Gasteiger partial charge on any atom is 0.410 e. The first kappa shape index (κ1) is 25.3. The predicted octanol–water partition coefficient (Wildman–Crippen LogP) is 4.16. The number of piperidine rings is 1. The SMILES string of the molecule is Cc1c(Cl)cc(COC(=O)N2CCC(N3CC(C(=O)Nc4ccc5[nH]nnc5c4)CC3=O)CC2)cc1Cl. The van der Waals surface area contributed by atoms with Gasteiger partial charge in [-0.2, -0.15) is 0 Å². The van der Waals surface area contributed by atoms with Crippen molar-refractivity contribution in [2.75, 3.05) is 25.0 Å². The van der Waals surface area contributed by atoms with Crippen LogP contribution in [0.1, 0.15) is 30.4 Å². The maximum absolute atomic E-state index is 12.8. The van der Waals surface area contributed by atoms with Gasteiger partial charge in [-0.15, -0.1) is 5.10 Å². The van der Waals surface area contributed by atoms with Gasteiger partial charge in [-0.05, 0) is 61.2 Å². The molecule has 2 aromatic carbocycles. The molecular formula is C25H26Cl2N6O4. The van der Waals surface area contributed by atoms with E-state index in [9.17, 15) is 14.4 Å². The van der Waals surface area contributed by atoms with Crippen LogP contribution in [0.5, 0.6) is 0 Å². The van der Waals surface area contributed by atoms with Gasteiger partial charge in [0, 0.05) is 47.8 Å². The minimum absolute atomic E-state index is 0.0180. The standard InChI is InChI=1S/C25H26Cl2N6O4/c1-14-19(26)8-15(9-20(14)27)13-37-25(36)32-6-4-18(5-7-32)33-12-16(10-23(33)34)24(35)28-17-2-3-21-22(11-17)30-31-29-21/h2-3,8-9,11,16,18H,4-7,10,12-13H2,1H3,(H,28,35)(H,29,30,31). The van der Waals surface area contributed by atoms with E-state index in [1.807, 2.05) is 6.92 Å². The third kappa shape index (κ3) is 5.50. The lowest BCUT2D eigenvalue weighted by Gasteiger charge is -2.36. The first-order chi connectivity index (χ1) is 17.8. The predicted molar refractivity (Wildman–Crippen MR) is 138 cm³/mol. The van der Waals surface area contributed by atoms with Crippen molar-refractivity contribution in [3.8, 4) is 0 Å². The number of hydrogen-bond donors (Lipinski definition) is 2. The van der Waals surface area contributed by atoms with E-state index in [1.165, 1.54) is 0 Å². The summed E-state index contributed by atoms with van der Waals surface area (Å²) in [6.45, 7) is 3.20. The molecule has 2 fully saturated rings. The number of anilines is 1. The van der Waals surface area contributed by atoms with E-state index >= 15 is 0 Å². The molecule has 3 aromatic rings. The van der Waals surface area contributed by atoms with Crippen LogP contribution >= 0.6 is 23.2 Å². The molecule has 10 nitrogen and oxygen atoms in total. The van der Waals surface area contributed by atoms with E-state index in [-0.39, 0.29) is 30.9 Å². The molecule has 2 aliphatic rings. The summed E-state index contributed by atoms with van der Waals surface area (Å²) in [4.78, 5) is 41.6. The van der Waals surface area contributed by atoms with Gasteiger partial charge in [0.05, 0.1) is 11.4 Å². The monoisotopic (exact) mass is 544 g/mol. The number of carbonyl (C=O) groups is 3. The second kappa shape index (κ2) is 10.5. The first-order valence-electron chi connectivity index (χ1n) is 12.1. The molecule has 194 valence electrons. The molecule has 0 spiro atoms. The Labute approximate surface area is 223 Å². The smallest absolute Gasteiger partial charge is 0.410 e. The first-order valence-corrected chi connectivity index (χ1v) is 12.8. The fraction of sp³-hybridized carbons (Fsp3) is 0.400. The maximum atomic E-state index is 12.8. The highest BCUT2D eigenvalue weighted by Crippen LogP contribution is 2.28. The molecule has 12 heteroatoms. The molecule has 2 saturated heterocycles. The largest absolute Gasteiger partial charge is 0.445 e. The third-order valence-electron chi connectivity index (χ3n) is 6.99. The quantitative estimate of drug-likeness (QED) is 0.497. The Kier molecular flexibility index (Phi) is 7.21. The number of likely N-dealkylation sites (tertiary alicyclic amines) is 2. The molecule has 3 heterocycles. The molecule has 5 rings (SSSR count). The summed E-state index contributed by atoms with van der Waals surface area (Å²) < 4.78 is 5.45. The van der Waals surface area contributed by atoms with E-state index in [1.54, 1.807) is 40.1 Å². The van der Waals surface area contributed by atoms with Crippen molar-refractivity contribution in [3.63, 3.8) is 0 Å². The molecule has 1 aromatic heterocycles. The van der Waals surface area contributed by atoms with E-state index in [2.05, 4.69) is 20.7 Å². The molecule has 0 aliphatic carbocycles. The number of ether oxygens (including phenoxy) is 1. The van der Waals surface area contributed by atoms with Gasteiger partial charge in [-0.1, -0.05) is 28.4 Å². The number of fused-ring (bicyclic) bond motifs is 1. The van der Waals surface area contributed by atoms with Crippen molar-refractivity contribution in [2.24, 2.45) is 5.92 Å². The molecule has 1 atom stereocenters. The number of halogens is 2. The van der Waals surface area contributed by atoms with Crippen LogP contribution in [-0.4, -0.2) is 68.8 Å². The van der Waals surface area contributed by atoms with Gasteiger partial charge in [0.25, 0.3) is 0 Å². The van der Waals surface area contributed by atoms with Crippen molar-refractivity contribution in [2.45, 2.75) is 38.8 Å². The number of aromatic amines is 1. The number of carbonyl (C=O) groups excluding carboxylic acids is 3. The van der Waals surface area contributed by atoms with Gasteiger partial charge in [0.1, 0.15) is 12.1 Å². The van der Waals surface area contributed by atoms with Crippen LogP contribution in [0, 0.1) is 12.8 Å². The van der Waals surface area contributed by atoms with Gasteiger partial charge in [-0.3, -0.25) is 14.7 Å². The lowest BCUT2D eigenvalue weighted by atomic mass is 10.0. The van der Waals surface area contributed by atoms with Crippen molar-refractivity contribution < 1.29 is 19.1 Å². The van der Waals surface area contributed by atoms with Gasteiger partial charge in [0.2, 0.25) is 11.8 Å². The van der Waals surface area contributed by atoms with Gasteiger partial charge in [-0.25, -0.2) is 4.79 Å². The average Bonchev–Trinajstić information content (AvgIpc) is 3.52. The van der Waals surface area contributed by atoms with Crippen LogP contribution in [0.25, 0.3) is 11.0 Å². The van der Waals surface area contributed by atoms with E-state index < -0.39 is 12.0 Å². The van der Waals surface area contributed by atoms with Crippen molar-refractivity contribution in [1.29, 1.82) is 0 Å². The molecule has 3 amide bonds. The second-order valence-electron chi connectivity index (χ2n) is 9.44. The average molecular weight is 545 g/mol. The molecule has 0 radical (unpaired) electrons. The van der Waals surface area contributed by atoms with Crippen LogP contribution in [0.4, 0.5) is 10.5 Å². The van der Waals surface area contributed by atoms with Gasteiger partial charge in [0.15, 0.2) is 0 Å². The van der Waals surface area contributed by atoms with Crippen LogP contribution in [0.2, 0.25) is 10.0 Å². The Morgan fingerprint density at radius 2 is 1.89 bits per heavy atom. The lowest BCUT2D eigenvalue weighted by molar-refractivity contribution is -0.130. The summed E-state index contributed by atoms with van der Waals surface area (Å²) >= 11 is 12.3. The molecule has 2 N–H and O–H groups in total. The number of hydrogen-bond acceptors (Lipinski definition) is 6. The Bertz CT molecular complexity index is 1330. The zero-order valence-corrected chi connectivity index (χ0v) is 21.7. The molecule has 0 bridgehead atoms. The number of rotatable bonds is 5. The summed E-state index contributed by atoms with van der Waals surface area (Å²) in [7, 11) is 0. The van der Waals surface area contributed by atoms with Crippen LogP contribution in [0.3, 0.4) is 0 Å². The fourth-order valence-corrected chi connectivity index (χ4v) is 5.33. The van der Waals surface area contributed by atoms with E-state index in [4.69, 9.17) is 27.9 Å². The Morgan fingerprint density at radius 1 is 1.16 bits per heavy atom. The van der Waals surface area contributed by atoms with E-state index in [0.29, 0.717) is 53.7 Å². The molecule has 37 heavy (non-hydrogen) atoms. The Hall–Kier alpha value is -3.37. The van der Waals surface area contributed by atoms with Crippen molar-refractivity contribution in [1.82, 2.24) is 25.2 Å². The topological polar surface area (TPSA) is 121 Å². The number of benzene rings is 2. The minimum atomic E-state index is -0.434. The van der Waals surface area contributed by atoms with Crippen LogP contribution in [0.15, 0.2) is 30.3 Å². The number of nitrogens with one attached hydrogen (secondary N) is 2. The highest BCUT2D eigenvalue weighted by atomic mass is 35.5. The number of H-pyrrole nitrogens is 1. The highest BCUT2D eigenvalue weighted by molar-refractivity contribution is 6.36. The molecule has 2 aliphatic heterocycles. The highest BCUT2D eigenvalue weighted by Gasteiger charge is 2.39.